The summed E-state index contributed by atoms with van der Waals surface area (Å²) >= 11 is 2.29. The van der Waals surface area contributed by atoms with Crippen LogP contribution in [0.2, 0.25) is 0 Å². The molecule has 0 amide bonds. The first-order chi connectivity index (χ1) is 6.88. The molecule has 1 aromatic rings. The molecular formula is C11H12INO. The Balaban J connectivity index is 2.71. The van der Waals surface area contributed by atoms with Gasteiger partial charge in [-0.15, -0.1) is 0 Å². The molecule has 0 saturated heterocycles. The van der Waals surface area contributed by atoms with Crippen LogP contribution in [0.1, 0.15) is 12.0 Å². The van der Waals surface area contributed by atoms with Crippen molar-refractivity contribution in [1.82, 2.24) is 0 Å². The second-order valence-electron chi connectivity index (χ2n) is 2.78. The van der Waals surface area contributed by atoms with Gasteiger partial charge < -0.3 is 4.79 Å². The van der Waals surface area contributed by atoms with Crippen LogP contribution in [0.3, 0.4) is 0 Å². The zero-order valence-corrected chi connectivity index (χ0v) is 9.98. The molecule has 0 aromatic heterocycles. The molecule has 0 fully saturated rings. The molecule has 1 aromatic carbocycles. The van der Waals surface area contributed by atoms with E-state index in [4.69, 9.17) is 0 Å². The number of aliphatic imine (C=N–C) groups is 1. The Hall–Kier alpha value is -0.710. The minimum absolute atomic E-state index is 0.507. The normalized spacial score (nSPS) is 11.4. The maximum Gasteiger partial charge on any atom is 0.121 e. The fourth-order valence-corrected chi connectivity index (χ4v) is 1.78. The van der Waals surface area contributed by atoms with Crippen molar-refractivity contribution >= 4 is 34.6 Å². The summed E-state index contributed by atoms with van der Waals surface area (Å²) in [4.78, 5) is 14.5. The van der Waals surface area contributed by atoms with Gasteiger partial charge >= 0.3 is 0 Å². The van der Waals surface area contributed by atoms with E-state index >= 15 is 0 Å². The SMILES string of the molecule is O=CCCN=C(CI)c1ccccc1. The molecule has 0 spiro atoms. The van der Waals surface area contributed by atoms with E-state index in [0.717, 1.165) is 22.0 Å². The van der Waals surface area contributed by atoms with Gasteiger partial charge in [-0.2, -0.15) is 0 Å². The third-order valence-electron chi connectivity index (χ3n) is 1.78. The first kappa shape index (κ1) is 11.4. The van der Waals surface area contributed by atoms with Crippen LogP contribution in [-0.2, 0) is 4.79 Å². The van der Waals surface area contributed by atoms with Crippen LogP contribution in [0.25, 0.3) is 0 Å². The van der Waals surface area contributed by atoms with Crippen molar-refractivity contribution in [3.63, 3.8) is 0 Å². The average Bonchev–Trinajstić information content (AvgIpc) is 2.26. The number of benzene rings is 1. The molecular weight excluding hydrogens is 289 g/mol. The number of nitrogens with zero attached hydrogens (tertiary/aromatic N) is 1. The number of hydrogen-bond acceptors (Lipinski definition) is 2. The Kier molecular flexibility index (Phi) is 5.44. The van der Waals surface area contributed by atoms with Crippen molar-refractivity contribution in [3.8, 4) is 0 Å². The summed E-state index contributed by atoms with van der Waals surface area (Å²) in [6.45, 7) is 0.594. The lowest BCUT2D eigenvalue weighted by Crippen LogP contribution is -2.03. The van der Waals surface area contributed by atoms with E-state index in [1.807, 2.05) is 30.3 Å². The highest BCUT2D eigenvalue weighted by Gasteiger charge is 1.99. The van der Waals surface area contributed by atoms with Gasteiger partial charge in [0.1, 0.15) is 6.29 Å². The van der Waals surface area contributed by atoms with E-state index in [1.165, 1.54) is 0 Å². The van der Waals surface area contributed by atoms with Gasteiger partial charge in [-0.05, 0) is 5.56 Å². The van der Waals surface area contributed by atoms with E-state index in [9.17, 15) is 4.79 Å². The summed E-state index contributed by atoms with van der Waals surface area (Å²) in [5.41, 5.74) is 2.21. The molecule has 0 heterocycles. The van der Waals surface area contributed by atoms with Crippen molar-refractivity contribution in [1.29, 1.82) is 0 Å². The second kappa shape index (κ2) is 6.70. The van der Waals surface area contributed by atoms with Gasteiger partial charge in [0, 0.05) is 17.4 Å². The van der Waals surface area contributed by atoms with Crippen LogP contribution in [0.5, 0.6) is 0 Å². The summed E-state index contributed by atoms with van der Waals surface area (Å²) in [5.74, 6) is 0. The van der Waals surface area contributed by atoms with Gasteiger partial charge in [-0.25, -0.2) is 0 Å². The lowest BCUT2D eigenvalue weighted by atomic mass is 10.1. The topological polar surface area (TPSA) is 29.4 Å². The molecule has 0 saturated carbocycles. The van der Waals surface area contributed by atoms with Gasteiger partial charge in [-0.3, -0.25) is 4.99 Å². The van der Waals surface area contributed by atoms with E-state index in [2.05, 4.69) is 27.6 Å². The third kappa shape index (κ3) is 3.57. The lowest BCUT2D eigenvalue weighted by molar-refractivity contribution is -0.107. The third-order valence-corrected chi connectivity index (χ3v) is 2.51. The molecule has 1 rings (SSSR count). The van der Waals surface area contributed by atoms with Crippen LogP contribution >= 0.6 is 22.6 Å². The molecule has 0 aliphatic heterocycles. The largest absolute Gasteiger partial charge is 0.303 e. The highest BCUT2D eigenvalue weighted by molar-refractivity contribution is 14.1. The molecule has 3 heteroatoms. The zero-order chi connectivity index (χ0) is 10.2. The minimum atomic E-state index is 0.507. The fraction of sp³-hybridized carbons (Fsp3) is 0.273. The van der Waals surface area contributed by atoms with Gasteiger partial charge in [0.05, 0.1) is 5.71 Å². The number of alkyl halides is 1. The van der Waals surface area contributed by atoms with Crippen molar-refractivity contribution in [3.05, 3.63) is 35.9 Å². The first-order valence-electron chi connectivity index (χ1n) is 4.47. The molecule has 74 valence electrons. The quantitative estimate of drug-likeness (QED) is 0.270. The number of carbonyl (C=O) groups excluding carboxylic acids is 1. The maximum atomic E-state index is 10.1. The summed E-state index contributed by atoms with van der Waals surface area (Å²) < 4.78 is 0.876. The monoisotopic (exact) mass is 301 g/mol. The van der Waals surface area contributed by atoms with E-state index < -0.39 is 0 Å². The van der Waals surface area contributed by atoms with Gasteiger partial charge in [-0.1, -0.05) is 52.9 Å². The Labute approximate surface area is 97.6 Å². The van der Waals surface area contributed by atoms with Gasteiger partial charge in [0.2, 0.25) is 0 Å². The Bertz CT molecular complexity index is 308. The van der Waals surface area contributed by atoms with Crippen molar-refractivity contribution < 1.29 is 4.79 Å². The van der Waals surface area contributed by atoms with E-state index in [1.54, 1.807) is 0 Å². The molecule has 0 radical (unpaired) electrons. The van der Waals surface area contributed by atoms with Crippen LogP contribution in [0.4, 0.5) is 0 Å². The van der Waals surface area contributed by atoms with Crippen LogP contribution in [0, 0.1) is 0 Å². The Morgan fingerprint density at radius 1 is 1.36 bits per heavy atom. The fourth-order valence-electron chi connectivity index (χ4n) is 1.09. The highest BCUT2D eigenvalue weighted by atomic mass is 127. The zero-order valence-electron chi connectivity index (χ0n) is 7.82. The first-order valence-corrected chi connectivity index (χ1v) is 5.99. The van der Waals surface area contributed by atoms with Crippen LogP contribution in [-0.4, -0.2) is 23.0 Å². The number of hydrogen-bond donors (Lipinski definition) is 0. The number of halogens is 1. The molecule has 0 N–H and O–H groups in total. The Morgan fingerprint density at radius 2 is 2.07 bits per heavy atom. The van der Waals surface area contributed by atoms with Crippen LogP contribution < -0.4 is 0 Å². The van der Waals surface area contributed by atoms with Gasteiger partial charge in [0.25, 0.3) is 0 Å². The summed E-state index contributed by atoms with van der Waals surface area (Å²) in [7, 11) is 0. The summed E-state index contributed by atoms with van der Waals surface area (Å²) in [6, 6.07) is 10.1. The molecule has 0 bridgehead atoms. The Morgan fingerprint density at radius 3 is 2.64 bits per heavy atom. The maximum absolute atomic E-state index is 10.1. The van der Waals surface area contributed by atoms with Crippen molar-refractivity contribution in [2.75, 3.05) is 11.0 Å². The standard InChI is InChI=1S/C11H12INO/c12-9-11(13-7-4-8-14)10-5-2-1-3-6-10/h1-3,5-6,8H,4,7,9H2. The van der Waals surface area contributed by atoms with Crippen molar-refractivity contribution in [2.24, 2.45) is 4.99 Å². The second-order valence-corrected chi connectivity index (χ2v) is 3.55. The number of rotatable bonds is 5. The van der Waals surface area contributed by atoms with Crippen molar-refractivity contribution in [2.45, 2.75) is 6.42 Å². The smallest absolute Gasteiger partial charge is 0.121 e. The average molecular weight is 301 g/mol. The molecule has 0 aliphatic rings. The van der Waals surface area contributed by atoms with E-state index in [-0.39, 0.29) is 0 Å². The van der Waals surface area contributed by atoms with Crippen LogP contribution in [0.15, 0.2) is 35.3 Å². The minimum Gasteiger partial charge on any atom is -0.303 e. The molecule has 14 heavy (non-hydrogen) atoms. The highest BCUT2D eigenvalue weighted by Crippen LogP contribution is 2.04. The van der Waals surface area contributed by atoms with E-state index in [0.29, 0.717) is 13.0 Å². The predicted molar refractivity (Wildman–Crippen MR) is 67.4 cm³/mol. The molecule has 2 nitrogen and oxygen atoms in total. The lowest BCUT2D eigenvalue weighted by Gasteiger charge is -2.01. The summed E-state index contributed by atoms with van der Waals surface area (Å²) in [6.07, 6.45) is 1.41. The number of aldehydes is 1. The molecule has 0 unspecified atom stereocenters. The summed E-state index contributed by atoms with van der Waals surface area (Å²) in [5, 5.41) is 0. The molecule has 0 aliphatic carbocycles. The molecule has 0 atom stereocenters. The predicted octanol–water partition coefficient (Wildman–Crippen LogP) is 2.50. The number of carbonyl (C=O) groups is 1. The van der Waals surface area contributed by atoms with Gasteiger partial charge in [0.15, 0.2) is 0 Å².